The predicted octanol–water partition coefficient (Wildman–Crippen LogP) is 5.49. The van der Waals surface area contributed by atoms with E-state index in [2.05, 4.69) is 89.1 Å². The summed E-state index contributed by atoms with van der Waals surface area (Å²) in [5, 5.41) is 1.90. The van der Waals surface area contributed by atoms with E-state index < -0.39 is 0 Å². The third kappa shape index (κ3) is 2.78. The summed E-state index contributed by atoms with van der Waals surface area (Å²) < 4.78 is 0. The van der Waals surface area contributed by atoms with Crippen LogP contribution in [0.3, 0.4) is 0 Å². The van der Waals surface area contributed by atoms with Crippen LogP contribution in [0, 0.1) is 0 Å². The Bertz CT molecular complexity index is 802. The van der Waals surface area contributed by atoms with E-state index in [4.69, 9.17) is 0 Å². The van der Waals surface area contributed by atoms with Gasteiger partial charge in [0.2, 0.25) is 0 Å². The van der Waals surface area contributed by atoms with E-state index in [9.17, 15) is 0 Å². The summed E-state index contributed by atoms with van der Waals surface area (Å²) in [6.45, 7) is 6.68. The zero-order chi connectivity index (χ0) is 15.7. The summed E-state index contributed by atoms with van der Waals surface area (Å²) in [4.78, 5) is 8.97. The van der Waals surface area contributed by atoms with Crippen LogP contribution in [0.5, 0.6) is 0 Å². The smallest absolute Gasteiger partial charge is 0.116 e. The van der Waals surface area contributed by atoms with E-state index in [1.165, 1.54) is 11.1 Å². The Morgan fingerprint density at radius 3 is 2.32 bits per heavy atom. The van der Waals surface area contributed by atoms with E-state index in [1.807, 2.05) is 0 Å². The zero-order valence-corrected chi connectivity index (χ0v) is 14.7. The number of hydrogen-bond donors (Lipinski definition) is 0. The van der Waals surface area contributed by atoms with Crippen molar-refractivity contribution in [3.8, 4) is 11.3 Å². The summed E-state index contributed by atoms with van der Waals surface area (Å²) >= 11 is 3.53. The van der Waals surface area contributed by atoms with E-state index in [0.717, 1.165) is 27.5 Å². The topological polar surface area (TPSA) is 25.8 Å². The summed E-state index contributed by atoms with van der Waals surface area (Å²) in [7, 11) is 0. The predicted molar refractivity (Wildman–Crippen MR) is 96.3 cm³/mol. The molecule has 0 aliphatic carbocycles. The number of aromatic nitrogens is 2. The third-order valence-corrected chi connectivity index (χ3v) is 4.52. The molecule has 0 radical (unpaired) electrons. The molecule has 3 aromatic rings. The van der Waals surface area contributed by atoms with Gasteiger partial charge in [-0.2, -0.15) is 0 Å². The van der Waals surface area contributed by atoms with Gasteiger partial charge in [0.1, 0.15) is 6.33 Å². The van der Waals surface area contributed by atoms with Crippen molar-refractivity contribution in [2.24, 2.45) is 0 Å². The number of alkyl halides is 1. The number of rotatable bonds is 2. The molecule has 0 aliphatic heterocycles. The maximum absolute atomic E-state index is 4.52. The molecule has 2 aromatic carbocycles. The van der Waals surface area contributed by atoms with Crippen molar-refractivity contribution in [2.75, 3.05) is 0 Å². The van der Waals surface area contributed by atoms with Gasteiger partial charge in [-0.15, -0.1) is 0 Å². The van der Waals surface area contributed by atoms with Gasteiger partial charge in [0.15, 0.2) is 0 Å². The van der Waals surface area contributed by atoms with Crippen molar-refractivity contribution < 1.29 is 0 Å². The number of halogens is 1. The molecule has 1 heterocycles. The Morgan fingerprint density at radius 1 is 0.955 bits per heavy atom. The van der Waals surface area contributed by atoms with Gasteiger partial charge < -0.3 is 0 Å². The first-order chi connectivity index (χ1) is 10.5. The Balaban J connectivity index is 2.14. The molecular weight excluding hydrogens is 336 g/mol. The highest BCUT2D eigenvalue weighted by molar-refractivity contribution is 9.08. The van der Waals surface area contributed by atoms with Gasteiger partial charge in [-0.05, 0) is 16.5 Å². The highest BCUT2D eigenvalue weighted by atomic mass is 79.9. The molecule has 3 heteroatoms. The van der Waals surface area contributed by atoms with Crippen molar-refractivity contribution in [3.63, 3.8) is 0 Å². The lowest BCUT2D eigenvalue weighted by atomic mass is 9.86. The minimum Gasteiger partial charge on any atom is -0.236 e. The molecule has 0 aliphatic rings. The normalized spacial score (nSPS) is 11.8. The van der Waals surface area contributed by atoms with Crippen LogP contribution in [0.25, 0.3) is 22.2 Å². The van der Waals surface area contributed by atoms with E-state index in [-0.39, 0.29) is 5.41 Å². The molecule has 0 N–H and O–H groups in total. The minimum atomic E-state index is 0.162. The van der Waals surface area contributed by atoms with Crippen LogP contribution in [-0.2, 0) is 10.7 Å². The molecule has 112 valence electrons. The van der Waals surface area contributed by atoms with Crippen molar-refractivity contribution in [1.82, 2.24) is 9.97 Å². The second kappa shape index (κ2) is 5.81. The van der Waals surface area contributed by atoms with E-state index >= 15 is 0 Å². The van der Waals surface area contributed by atoms with Gasteiger partial charge in [-0.25, -0.2) is 9.97 Å². The summed E-state index contributed by atoms with van der Waals surface area (Å²) in [5.41, 5.74) is 5.82. The Kier molecular flexibility index (Phi) is 4.00. The SMILES string of the molecule is CC(C)(C)c1ccc(-c2ncnc3c(CBr)cccc23)cc1. The molecule has 0 bridgehead atoms. The van der Waals surface area contributed by atoms with Crippen LogP contribution < -0.4 is 0 Å². The van der Waals surface area contributed by atoms with Crippen LogP contribution in [0.15, 0.2) is 48.8 Å². The zero-order valence-electron chi connectivity index (χ0n) is 13.1. The van der Waals surface area contributed by atoms with E-state index in [0.29, 0.717) is 0 Å². The van der Waals surface area contributed by atoms with E-state index in [1.54, 1.807) is 6.33 Å². The highest BCUT2D eigenvalue weighted by Crippen LogP contribution is 2.30. The standard InChI is InChI=1S/C19H19BrN2/c1-19(2,3)15-9-7-13(8-10-15)17-16-6-4-5-14(11-20)18(16)22-12-21-17/h4-10,12H,11H2,1-3H3. The van der Waals surface area contributed by atoms with Gasteiger partial charge in [0, 0.05) is 16.3 Å². The molecule has 1 aromatic heterocycles. The number of para-hydroxylation sites is 1. The lowest BCUT2D eigenvalue weighted by Gasteiger charge is -2.19. The average Bonchev–Trinajstić information content (AvgIpc) is 2.53. The van der Waals surface area contributed by atoms with Gasteiger partial charge in [0.25, 0.3) is 0 Å². The molecule has 0 saturated carbocycles. The molecule has 0 spiro atoms. The van der Waals surface area contributed by atoms with Gasteiger partial charge in [-0.3, -0.25) is 0 Å². The van der Waals surface area contributed by atoms with Crippen LogP contribution in [0.2, 0.25) is 0 Å². The van der Waals surface area contributed by atoms with Gasteiger partial charge in [0.05, 0.1) is 11.2 Å². The summed E-state index contributed by atoms with van der Waals surface area (Å²) in [5.74, 6) is 0. The number of fused-ring (bicyclic) bond motifs is 1. The van der Waals surface area contributed by atoms with Crippen molar-refractivity contribution in [3.05, 3.63) is 59.9 Å². The molecule has 0 fully saturated rings. The minimum absolute atomic E-state index is 0.162. The molecule has 22 heavy (non-hydrogen) atoms. The van der Waals surface area contributed by atoms with Crippen LogP contribution >= 0.6 is 15.9 Å². The Morgan fingerprint density at radius 2 is 1.68 bits per heavy atom. The monoisotopic (exact) mass is 354 g/mol. The molecule has 3 rings (SSSR count). The molecule has 0 amide bonds. The maximum atomic E-state index is 4.52. The molecular formula is C19H19BrN2. The van der Waals surface area contributed by atoms with Crippen LogP contribution in [0.1, 0.15) is 31.9 Å². The maximum Gasteiger partial charge on any atom is 0.116 e. The van der Waals surface area contributed by atoms with Crippen molar-refractivity contribution in [1.29, 1.82) is 0 Å². The molecule has 0 atom stereocenters. The van der Waals surface area contributed by atoms with Crippen molar-refractivity contribution >= 4 is 26.8 Å². The summed E-state index contributed by atoms with van der Waals surface area (Å²) in [6, 6.07) is 14.9. The van der Waals surface area contributed by atoms with Crippen LogP contribution in [0.4, 0.5) is 0 Å². The fraction of sp³-hybridized carbons (Fsp3) is 0.263. The first-order valence-corrected chi connectivity index (χ1v) is 8.52. The fourth-order valence-electron chi connectivity index (χ4n) is 2.61. The number of hydrogen-bond acceptors (Lipinski definition) is 2. The largest absolute Gasteiger partial charge is 0.236 e. The first kappa shape index (κ1) is 15.2. The van der Waals surface area contributed by atoms with Gasteiger partial charge >= 0.3 is 0 Å². The average molecular weight is 355 g/mol. The first-order valence-electron chi connectivity index (χ1n) is 7.40. The lowest BCUT2D eigenvalue weighted by Crippen LogP contribution is -2.10. The quantitative estimate of drug-likeness (QED) is 0.568. The second-order valence-corrected chi connectivity index (χ2v) is 7.06. The number of benzene rings is 2. The third-order valence-electron chi connectivity index (χ3n) is 3.92. The van der Waals surface area contributed by atoms with Crippen LogP contribution in [-0.4, -0.2) is 9.97 Å². The number of nitrogens with zero attached hydrogens (tertiary/aromatic N) is 2. The summed E-state index contributed by atoms with van der Waals surface area (Å²) in [6.07, 6.45) is 1.65. The van der Waals surface area contributed by atoms with Gasteiger partial charge in [-0.1, -0.05) is 79.2 Å². The Hall–Kier alpha value is -1.74. The lowest BCUT2D eigenvalue weighted by molar-refractivity contribution is 0.590. The highest BCUT2D eigenvalue weighted by Gasteiger charge is 2.14. The fourth-order valence-corrected chi connectivity index (χ4v) is 3.07. The second-order valence-electron chi connectivity index (χ2n) is 6.50. The molecule has 0 unspecified atom stereocenters. The molecule has 0 saturated heterocycles. The Labute approximate surface area is 139 Å². The molecule has 2 nitrogen and oxygen atoms in total. The van der Waals surface area contributed by atoms with Crippen molar-refractivity contribution in [2.45, 2.75) is 31.5 Å².